The molecule has 0 aliphatic carbocycles. The van der Waals surface area contributed by atoms with Gasteiger partial charge in [-0.1, -0.05) is 24.3 Å². The van der Waals surface area contributed by atoms with Gasteiger partial charge < -0.3 is 0 Å². The van der Waals surface area contributed by atoms with E-state index in [0.29, 0.717) is 0 Å². The second-order valence-corrected chi connectivity index (χ2v) is 1.75. The van der Waals surface area contributed by atoms with Crippen LogP contribution in [-0.4, -0.2) is 12.1 Å². The molecular weight excluding hydrogens is 126 g/mol. The van der Waals surface area contributed by atoms with E-state index in [0.717, 1.165) is 0 Å². The van der Waals surface area contributed by atoms with Gasteiger partial charge in [0.15, 0.2) is 0 Å². The van der Waals surface area contributed by atoms with Crippen LogP contribution in [0.3, 0.4) is 0 Å². The first-order chi connectivity index (χ1) is 4.89. The maximum absolute atomic E-state index is 10.6. The monoisotopic (exact) mass is 133 g/mol. The normalized spacial score (nSPS) is 26.2. The number of amides is 1. The fraction of sp³-hybridized carbons (Fsp3) is 0. The van der Waals surface area contributed by atoms with Gasteiger partial charge in [0.25, 0.3) is 5.91 Å². The van der Waals surface area contributed by atoms with Gasteiger partial charge >= 0.3 is 0 Å². The summed E-state index contributed by atoms with van der Waals surface area (Å²) in [7, 11) is 0. The van der Waals surface area contributed by atoms with Gasteiger partial charge in [0.1, 0.15) is 0 Å². The fourth-order valence-electron chi connectivity index (χ4n) is 0.540. The van der Waals surface area contributed by atoms with E-state index in [-0.39, 0.29) is 5.91 Å². The number of aliphatic imine (C=N–C) groups is 1. The lowest BCUT2D eigenvalue weighted by Gasteiger charge is -1.76. The molecule has 0 atom stereocenters. The first kappa shape index (κ1) is 6.68. The Bertz CT molecular complexity index is 210. The van der Waals surface area contributed by atoms with Crippen LogP contribution < -0.4 is 0 Å². The van der Waals surface area contributed by atoms with E-state index < -0.39 is 0 Å². The highest BCUT2D eigenvalue weighted by Gasteiger charge is 1.85. The molecule has 1 aliphatic heterocycles. The summed E-state index contributed by atoms with van der Waals surface area (Å²) in [5.74, 6) is -0.226. The third-order valence-electron chi connectivity index (χ3n) is 0.971. The molecule has 0 unspecified atom stereocenters. The zero-order chi connectivity index (χ0) is 7.23. The van der Waals surface area contributed by atoms with E-state index in [1.54, 1.807) is 18.2 Å². The smallest absolute Gasteiger partial charge is 0.267 e. The minimum Gasteiger partial charge on any atom is -0.267 e. The highest BCUT2D eigenvalue weighted by atomic mass is 16.1. The predicted molar refractivity (Wildman–Crippen MR) is 40.9 cm³/mol. The van der Waals surface area contributed by atoms with Gasteiger partial charge in [0.2, 0.25) is 0 Å². The van der Waals surface area contributed by atoms with Gasteiger partial charge in [-0.15, -0.1) is 0 Å². The number of hydrogen-bond donors (Lipinski definition) is 0. The number of rotatable bonds is 0. The molecule has 2 nitrogen and oxygen atoms in total. The van der Waals surface area contributed by atoms with Crippen molar-refractivity contribution < 1.29 is 4.79 Å². The average molecular weight is 133 g/mol. The minimum atomic E-state index is -0.226. The highest BCUT2D eigenvalue weighted by Crippen LogP contribution is 1.85. The predicted octanol–water partition coefficient (Wildman–Crippen LogP) is 1.27. The average Bonchev–Trinajstić information content (AvgIpc) is 2.02. The second kappa shape index (κ2) is 3.56. The number of carbonyl (C=O) groups is 1. The first-order valence-electron chi connectivity index (χ1n) is 2.97. The maximum Gasteiger partial charge on any atom is 0.269 e. The topological polar surface area (TPSA) is 29.4 Å². The Hall–Kier alpha value is -1.44. The van der Waals surface area contributed by atoms with Crippen LogP contribution in [0.1, 0.15) is 0 Å². The van der Waals surface area contributed by atoms with E-state index in [1.807, 2.05) is 12.2 Å². The van der Waals surface area contributed by atoms with Crippen molar-refractivity contribution in [3.8, 4) is 0 Å². The third kappa shape index (κ3) is 2.22. The van der Waals surface area contributed by atoms with Crippen molar-refractivity contribution in [1.82, 2.24) is 0 Å². The molecule has 0 N–H and O–H groups in total. The molecule has 0 aromatic heterocycles. The van der Waals surface area contributed by atoms with Crippen LogP contribution in [-0.2, 0) is 4.79 Å². The van der Waals surface area contributed by atoms with Gasteiger partial charge in [-0.25, -0.2) is 4.99 Å². The van der Waals surface area contributed by atoms with Crippen LogP contribution in [0.25, 0.3) is 0 Å². The van der Waals surface area contributed by atoms with Gasteiger partial charge in [0, 0.05) is 12.3 Å². The summed E-state index contributed by atoms with van der Waals surface area (Å²) in [6.45, 7) is 0. The van der Waals surface area contributed by atoms with E-state index in [1.165, 1.54) is 12.3 Å². The molecule has 1 aliphatic rings. The van der Waals surface area contributed by atoms with E-state index in [2.05, 4.69) is 4.99 Å². The largest absolute Gasteiger partial charge is 0.269 e. The molecule has 0 bridgehead atoms. The molecule has 50 valence electrons. The third-order valence-corrected chi connectivity index (χ3v) is 0.971. The molecule has 10 heavy (non-hydrogen) atoms. The van der Waals surface area contributed by atoms with Crippen molar-refractivity contribution in [3.05, 3.63) is 36.5 Å². The number of nitrogens with zero attached hydrogens (tertiary/aromatic N) is 1. The van der Waals surface area contributed by atoms with Crippen LogP contribution >= 0.6 is 0 Å². The van der Waals surface area contributed by atoms with Crippen molar-refractivity contribution in [1.29, 1.82) is 0 Å². The summed E-state index contributed by atoms with van der Waals surface area (Å²) >= 11 is 0. The van der Waals surface area contributed by atoms with Crippen molar-refractivity contribution in [2.75, 3.05) is 0 Å². The lowest BCUT2D eigenvalue weighted by atomic mass is 10.4. The number of allylic oxidation sites excluding steroid dienone is 5. The van der Waals surface area contributed by atoms with Crippen LogP contribution in [0.15, 0.2) is 41.4 Å². The summed E-state index contributed by atoms with van der Waals surface area (Å²) in [5.41, 5.74) is 0. The highest BCUT2D eigenvalue weighted by molar-refractivity contribution is 5.96. The SMILES string of the molecule is O=C1\C=C/C=C\C=C/C=N1. The first-order valence-corrected chi connectivity index (χ1v) is 2.97. The zero-order valence-electron chi connectivity index (χ0n) is 5.40. The van der Waals surface area contributed by atoms with Gasteiger partial charge in [-0.2, -0.15) is 0 Å². The molecule has 0 fully saturated rings. The quantitative estimate of drug-likeness (QED) is 0.489. The summed E-state index contributed by atoms with van der Waals surface area (Å²) in [6, 6.07) is 0. The van der Waals surface area contributed by atoms with Crippen molar-refractivity contribution in [3.63, 3.8) is 0 Å². The number of carbonyl (C=O) groups excluding carboxylic acids is 1. The fourth-order valence-corrected chi connectivity index (χ4v) is 0.540. The molecule has 2 heteroatoms. The van der Waals surface area contributed by atoms with Gasteiger partial charge in [-0.05, 0) is 6.08 Å². The van der Waals surface area contributed by atoms with Crippen LogP contribution in [0, 0.1) is 0 Å². The van der Waals surface area contributed by atoms with Gasteiger partial charge in [0.05, 0.1) is 0 Å². The van der Waals surface area contributed by atoms with Crippen molar-refractivity contribution >= 4 is 12.1 Å². The molecule has 0 radical (unpaired) electrons. The Kier molecular flexibility index (Phi) is 2.38. The van der Waals surface area contributed by atoms with E-state index in [9.17, 15) is 4.79 Å². The molecule has 0 spiro atoms. The van der Waals surface area contributed by atoms with Crippen molar-refractivity contribution in [2.45, 2.75) is 0 Å². The molecule has 1 heterocycles. The molecule has 0 aromatic rings. The lowest BCUT2D eigenvalue weighted by molar-refractivity contribution is -0.113. The summed E-state index contributed by atoms with van der Waals surface area (Å²) < 4.78 is 0. The minimum absolute atomic E-state index is 0.226. The van der Waals surface area contributed by atoms with Crippen LogP contribution in [0.4, 0.5) is 0 Å². The second-order valence-electron chi connectivity index (χ2n) is 1.75. The number of hydrogen-bond acceptors (Lipinski definition) is 1. The van der Waals surface area contributed by atoms with E-state index in [4.69, 9.17) is 0 Å². The van der Waals surface area contributed by atoms with Crippen molar-refractivity contribution in [2.24, 2.45) is 4.99 Å². The molecule has 1 amide bonds. The summed E-state index contributed by atoms with van der Waals surface area (Å²) in [5, 5.41) is 0. The Morgan fingerprint density at radius 1 is 1.00 bits per heavy atom. The Morgan fingerprint density at radius 2 is 1.70 bits per heavy atom. The molecule has 0 aromatic carbocycles. The van der Waals surface area contributed by atoms with Crippen LogP contribution in [0.2, 0.25) is 0 Å². The van der Waals surface area contributed by atoms with Gasteiger partial charge in [-0.3, -0.25) is 4.79 Å². The van der Waals surface area contributed by atoms with E-state index >= 15 is 0 Å². The molecule has 0 saturated carbocycles. The maximum atomic E-state index is 10.6. The summed E-state index contributed by atoms with van der Waals surface area (Å²) in [6.07, 6.45) is 11.7. The Labute approximate surface area is 59.3 Å². The molecule has 1 rings (SSSR count). The van der Waals surface area contributed by atoms with Crippen LogP contribution in [0.5, 0.6) is 0 Å². The Balaban J connectivity index is 2.80. The zero-order valence-corrected chi connectivity index (χ0v) is 5.40. The standard InChI is InChI=1S/C8H7NO/c10-8-6-4-2-1-3-5-7-9-8/h1-7H/b2-1-,5-3-,6-4-,9-7?. The molecule has 0 saturated heterocycles. The lowest BCUT2D eigenvalue weighted by Crippen LogP contribution is -1.84. The summed E-state index contributed by atoms with van der Waals surface area (Å²) in [4.78, 5) is 14.2. The Morgan fingerprint density at radius 3 is 2.60 bits per heavy atom. The molecular formula is C8H7NO.